The molecule has 0 radical (unpaired) electrons. The van der Waals surface area contributed by atoms with Crippen molar-refractivity contribution >= 4 is 31.9 Å². The Labute approximate surface area is 126 Å². The molecule has 0 bridgehead atoms. The lowest BCUT2D eigenvalue weighted by Crippen LogP contribution is -2.37. The van der Waals surface area contributed by atoms with Crippen molar-refractivity contribution in [3.8, 4) is 0 Å². The van der Waals surface area contributed by atoms with Gasteiger partial charge >= 0.3 is 5.97 Å². The first-order chi connectivity index (χ1) is 9.12. The molecule has 0 spiro atoms. The van der Waals surface area contributed by atoms with E-state index in [1.807, 2.05) is 0 Å². The van der Waals surface area contributed by atoms with Gasteiger partial charge < -0.3 is 10.2 Å². The predicted octanol–water partition coefficient (Wildman–Crippen LogP) is 1.46. The van der Waals surface area contributed by atoms with E-state index in [1.54, 1.807) is 13.8 Å². The summed E-state index contributed by atoms with van der Waals surface area (Å²) in [7, 11) is -2.54. The summed E-state index contributed by atoms with van der Waals surface area (Å²) in [5.41, 5.74) is 0.304. The number of hydrogen-bond donors (Lipinski definition) is 2. The molecule has 0 saturated carbocycles. The monoisotopic (exact) mass is 365 g/mol. The maximum absolute atomic E-state index is 12.5. The van der Waals surface area contributed by atoms with E-state index in [0.717, 1.165) is 10.4 Å². The van der Waals surface area contributed by atoms with E-state index in [0.29, 0.717) is 10.0 Å². The molecule has 1 aromatic rings. The van der Waals surface area contributed by atoms with E-state index in [-0.39, 0.29) is 17.1 Å². The van der Waals surface area contributed by atoms with Gasteiger partial charge in [0.25, 0.3) is 0 Å². The van der Waals surface area contributed by atoms with Crippen molar-refractivity contribution in [2.24, 2.45) is 0 Å². The van der Waals surface area contributed by atoms with Gasteiger partial charge in [-0.2, -0.15) is 4.31 Å². The lowest BCUT2D eigenvalue weighted by Gasteiger charge is -2.24. The molecular formula is C12H16BrNO5S. The molecule has 0 fully saturated rings. The van der Waals surface area contributed by atoms with Gasteiger partial charge in [-0.25, -0.2) is 13.2 Å². The number of rotatable bonds is 5. The zero-order valence-electron chi connectivity index (χ0n) is 11.3. The first kappa shape index (κ1) is 17.1. The number of aliphatic hydroxyl groups is 1. The molecule has 0 aliphatic carbocycles. The molecule has 0 saturated heterocycles. The second-order valence-electron chi connectivity index (χ2n) is 4.44. The minimum absolute atomic E-state index is 0.0907. The van der Waals surface area contributed by atoms with Gasteiger partial charge in [0.05, 0.1) is 17.1 Å². The Morgan fingerprint density at radius 3 is 2.45 bits per heavy atom. The highest BCUT2D eigenvalue weighted by atomic mass is 79.9. The van der Waals surface area contributed by atoms with Crippen LogP contribution in [0.2, 0.25) is 0 Å². The van der Waals surface area contributed by atoms with Crippen LogP contribution in [0.1, 0.15) is 22.8 Å². The molecule has 1 atom stereocenters. The number of sulfonamides is 1. The second-order valence-corrected chi connectivity index (χ2v) is 7.26. The Bertz CT molecular complexity index is 629. The van der Waals surface area contributed by atoms with Crippen molar-refractivity contribution in [1.82, 2.24) is 4.31 Å². The molecule has 0 aliphatic rings. The first-order valence-electron chi connectivity index (χ1n) is 5.75. The highest BCUT2D eigenvalue weighted by molar-refractivity contribution is 9.10. The van der Waals surface area contributed by atoms with Crippen molar-refractivity contribution < 1.29 is 23.4 Å². The summed E-state index contributed by atoms with van der Waals surface area (Å²) in [6, 6.07) is 1.87. The molecule has 0 amide bonds. The molecule has 2 N–H and O–H groups in total. The van der Waals surface area contributed by atoms with Crippen LogP contribution in [0.4, 0.5) is 0 Å². The number of benzene rings is 1. The average Bonchev–Trinajstić information content (AvgIpc) is 2.39. The fourth-order valence-electron chi connectivity index (χ4n) is 1.55. The van der Waals surface area contributed by atoms with Crippen LogP contribution in [0.3, 0.4) is 0 Å². The van der Waals surface area contributed by atoms with Crippen LogP contribution in [-0.4, -0.2) is 48.6 Å². The number of likely N-dealkylation sites (N-methyl/N-ethyl adjacent to an activating group) is 1. The molecule has 0 aliphatic heterocycles. The molecule has 1 aromatic carbocycles. The third-order valence-corrected chi connectivity index (χ3v) is 6.01. The Hall–Kier alpha value is -0.960. The van der Waals surface area contributed by atoms with Crippen LogP contribution in [0, 0.1) is 6.92 Å². The van der Waals surface area contributed by atoms with Crippen LogP contribution in [0.15, 0.2) is 21.5 Å². The van der Waals surface area contributed by atoms with E-state index in [9.17, 15) is 13.2 Å². The zero-order valence-corrected chi connectivity index (χ0v) is 13.7. The highest BCUT2D eigenvalue weighted by Crippen LogP contribution is 2.28. The Balaban J connectivity index is 3.49. The summed E-state index contributed by atoms with van der Waals surface area (Å²) in [5, 5.41) is 18.1. The summed E-state index contributed by atoms with van der Waals surface area (Å²) in [4.78, 5) is 10.9. The quantitative estimate of drug-likeness (QED) is 0.823. The van der Waals surface area contributed by atoms with E-state index in [1.165, 1.54) is 13.1 Å². The molecule has 20 heavy (non-hydrogen) atoms. The number of carbonyl (C=O) groups is 1. The van der Waals surface area contributed by atoms with Crippen molar-refractivity contribution in [1.29, 1.82) is 0 Å². The van der Waals surface area contributed by atoms with Crippen molar-refractivity contribution in [2.45, 2.75) is 24.8 Å². The van der Waals surface area contributed by atoms with E-state index in [2.05, 4.69) is 15.9 Å². The normalized spacial score (nSPS) is 13.5. The number of nitrogens with zero attached hydrogens (tertiary/aromatic N) is 1. The largest absolute Gasteiger partial charge is 0.478 e. The molecule has 0 aromatic heterocycles. The average molecular weight is 366 g/mol. The van der Waals surface area contributed by atoms with Crippen LogP contribution >= 0.6 is 15.9 Å². The lowest BCUT2D eigenvalue weighted by atomic mass is 10.1. The molecule has 1 unspecified atom stereocenters. The van der Waals surface area contributed by atoms with Gasteiger partial charge in [-0.1, -0.05) is 15.9 Å². The van der Waals surface area contributed by atoms with Crippen LogP contribution < -0.4 is 0 Å². The number of aromatic carboxylic acids is 1. The standard InChI is InChI=1S/C12H16BrNO5S/c1-7(6-15)14(3)20(18,19)11-5-9(12(16)17)4-10(13)8(11)2/h4-5,7,15H,6H2,1-3H3,(H,16,17). The molecule has 0 heterocycles. The predicted molar refractivity (Wildman–Crippen MR) is 77.3 cm³/mol. The summed E-state index contributed by atoms with van der Waals surface area (Å²) in [6.45, 7) is 2.82. The Kier molecular flexibility index (Phi) is 5.31. The summed E-state index contributed by atoms with van der Waals surface area (Å²) in [5.74, 6) is -1.21. The van der Waals surface area contributed by atoms with Crippen molar-refractivity contribution in [3.05, 3.63) is 27.7 Å². The van der Waals surface area contributed by atoms with Gasteiger partial charge in [-0.3, -0.25) is 0 Å². The minimum Gasteiger partial charge on any atom is -0.478 e. The van der Waals surface area contributed by atoms with E-state index in [4.69, 9.17) is 10.2 Å². The topological polar surface area (TPSA) is 94.9 Å². The number of hydrogen-bond acceptors (Lipinski definition) is 4. The first-order valence-corrected chi connectivity index (χ1v) is 7.98. The fourth-order valence-corrected chi connectivity index (χ4v) is 3.77. The number of carboxylic acid groups (broad SMARTS) is 1. The summed E-state index contributed by atoms with van der Waals surface area (Å²) >= 11 is 3.17. The molecular weight excluding hydrogens is 350 g/mol. The summed E-state index contributed by atoms with van der Waals surface area (Å²) in [6.07, 6.45) is 0. The minimum atomic E-state index is -3.88. The number of halogens is 1. The van der Waals surface area contributed by atoms with Crippen molar-refractivity contribution in [2.75, 3.05) is 13.7 Å². The van der Waals surface area contributed by atoms with Crippen LogP contribution in [0.5, 0.6) is 0 Å². The Morgan fingerprint density at radius 2 is 2.00 bits per heavy atom. The third kappa shape index (κ3) is 3.20. The van der Waals surface area contributed by atoms with E-state index >= 15 is 0 Å². The van der Waals surface area contributed by atoms with Gasteiger partial charge in [0, 0.05) is 17.6 Å². The number of carboxylic acids is 1. The van der Waals surface area contributed by atoms with E-state index < -0.39 is 22.0 Å². The molecule has 1 rings (SSSR count). The van der Waals surface area contributed by atoms with Crippen LogP contribution in [-0.2, 0) is 10.0 Å². The van der Waals surface area contributed by atoms with Gasteiger partial charge in [0.2, 0.25) is 10.0 Å². The SMILES string of the molecule is Cc1c(Br)cc(C(=O)O)cc1S(=O)(=O)N(C)C(C)CO. The van der Waals surface area contributed by atoms with Gasteiger partial charge in [0.1, 0.15) is 0 Å². The molecule has 112 valence electrons. The van der Waals surface area contributed by atoms with Gasteiger partial charge in [-0.05, 0) is 31.5 Å². The third-order valence-electron chi connectivity index (χ3n) is 3.09. The summed E-state index contributed by atoms with van der Waals surface area (Å²) < 4.78 is 26.4. The van der Waals surface area contributed by atoms with Gasteiger partial charge in [0.15, 0.2) is 0 Å². The highest BCUT2D eigenvalue weighted by Gasteiger charge is 2.28. The molecule has 8 heteroatoms. The van der Waals surface area contributed by atoms with Crippen LogP contribution in [0.25, 0.3) is 0 Å². The second kappa shape index (κ2) is 6.21. The smallest absolute Gasteiger partial charge is 0.335 e. The maximum atomic E-state index is 12.5. The molecule has 6 nitrogen and oxygen atoms in total. The fraction of sp³-hybridized carbons (Fsp3) is 0.417. The lowest BCUT2D eigenvalue weighted by molar-refractivity contribution is 0.0696. The zero-order chi connectivity index (χ0) is 15.7. The number of aliphatic hydroxyl groups excluding tert-OH is 1. The van der Waals surface area contributed by atoms with Crippen molar-refractivity contribution in [3.63, 3.8) is 0 Å². The Morgan fingerprint density at radius 1 is 1.45 bits per heavy atom. The van der Waals surface area contributed by atoms with Gasteiger partial charge in [-0.15, -0.1) is 0 Å². The maximum Gasteiger partial charge on any atom is 0.335 e.